The Bertz CT molecular complexity index is 735. The fourth-order valence-corrected chi connectivity index (χ4v) is 2.76. The number of aromatic nitrogens is 2. The molecule has 0 aliphatic carbocycles. The lowest BCUT2D eigenvalue weighted by Crippen LogP contribution is -2.23. The summed E-state index contributed by atoms with van der Waals surface area (Å²) in [6, 6.07) is 5.97. The van der Waals surface area contributed by atoms with Crippen LogP contribution in [0, 0.1) is 0 Å². The average Bonchev–Trinajstić information content (AvgIpc) is 2.82. The third-order valence-corrected chi connectivity index (χ3v) is 4.13. The van der Waals surface area contributed by atoms with Crippen LogP contribution in [0.25, 0.3) is 0 Å². The molecule has 0 radical (unpaired) electrons. The van der Waals surface area contributed by atoms with Crippen molar-refractivity contribution in [2.45, 2.75) is 18.4 Å². The molecule has 1 aromatic carbocycles. The number of carbonyl (C=O) groups is 1. The normalized spacial score (nSPS) is 11.3. The van der Waals surface area contributed by atoms with Gasteiger partial charge in [0.25, 0.3) is 0 Å². The molecule has 0 bridgehead atoms. The Labute approximate surface area is 123 Å². The highest BCUT2D eigenvalue weighted by Gasteiger charge is 2.14. The number of nitrogens with zero attached hydrogens (tertiary/aromatic N) is 2. The van der Waals surface area contributed by atoms with Gasteiger partial charge < -0.3 is 5.32 Å². The van der Waals surface area contributed by atoms with Gasteiger partial charge in [0.15, 0.2) is 0 Å². The first-order valence-corrected chi connectivity index (χ1v) is 7.70. The second-order valence-corrected chi connectivity index (χ2v) is 6.32. The third kappa shape index (κ3) is 4.14. The van der Waals surface area contributed by atoms with Gasteiger partial charge >= 0.3 is 0 Å². The number of sulfonamides is 1. The van der Waals surface area contributed by atoms with E-state index >= 15 is 0 Å². The molecule has 1 heterocycles. The molecule has 0 unspecified atom stereocenters. The van der Waals surface area contributed by atoms with E-state index in [0.717, 1.165) is 5.56 Å². The summed E-state index contributed by atoms with van der Waals surface area (Å²) < 4.78 is 28.3. The predicted octanol–water partition coefficient (Wildman–Crippen LogP) is 0.857. The lowest BCUT2D eigenvalue weighted by molar-refractivity contribution is -0.114. The smallest absolute Gasteiger partial charge is 0.240 e. The molecule has 8 heteroatoms. The summed E-state index contributed by atoms with van der Waals surface area (Å²) >= 11 is 0. The molecule has 112 valence electrons. The highest BCUT2D eigenvalue weighted by Crippen LogP contribution is 2.14. The molecule has 21 heavy (non-hydrogen) atoms. The van der Waals surface area contributed by atoms with Crippen molar-refractivity contribution in [1.82, 2.24) is 14.5 Å². The summed E-state index contributed by atoms with van der Waals surface area (Å²) in [4.78, 5) is 11.0. The van der Waals surface area contributed by atoms with Gasteiger partial charge in [-0.05, 0) is 24.3 Å². The van der Waals surface area contributed by atoms with E-state index < -0.39 is 10.0 Å². The quantitative estimate of drug-likeness (QED) is 0.856. The summed E-state index contributed by atoms with van der Waals surface area (Å²) in [5.41, 5.74) is 1.32. The van der Waals surface area contributed by atoms with Crippen LogP contribution in [-0.4, -0.2) is 24.1 Å². The first-order valence-electron chi connectivity index (χ1n) is 6.22. The van der Waals surface area contributed by atoms with E-state index in [4.69, 9.17) is 0 Å². The molecule has 0 saturated carbocycles. The summed E-state index contributed by atoms with van der Waals surface area (Å²) in [5, 5.41) is 6.55. The van der Waals surface area contributed by atoms with Crippen molar-refractivity contribution in [1.29, 1.82) is 0 Å². The largest absolute Gasteiger partial charge is 0.326 e. The molecule has 2 N–H and O–H groups in total. The number of benzene rings is 1. The lowest BCUT2D eigenvalue weighted by Gasteiger charge is -2.07. The number of nitrogens with one attached hydrogen (secondary N) is 2. The highest BCUT2D eigenvalue weighted by atomic mass is 32.2. The van der Waals surface area contributed by atoms with Gasteiger partial charge in [-0.3, -0.25) is 9.48 Å². The number of rotatable bonds is 5. The van der Waals surface area contributed by atoms with Crippen molar-refractivity contribution in [2.24, 2.45) is 7.05 Å². The first kappa shape index (κ1) is 15.2. The Hall–Kier alpha value is -2.19. The zero-order valence-electron chi connectivity index (χ0n) is 11.7. The van der Waals surface area contributed by atoms with E-state index in [1.165, 1.54) is 19.1 Å². The van der Waals surface area contributed by atoms with Crippen molar-refractivity contribution in [2.75, 3.05) is 5.32 Å². The maximum Gasteiger partial charge on any atom is 0.240 e. The monoisotopic (exact) mass is 308 g/mol. The molecule has 0 aliphatic rings. The van der Waals surface area contributed by atoms with Crippen molar-refractivity contribution in [3.63, 3.8) is 0 Å². The number of anilines is 1. The van der Waals surface area contributed by atoms with E-state index in [9.17, 15) is 13.2 Å². The number of hydrogen-bond donors (Lipinski definition) is 2. The minimum atomic E-state index is -3.59. The topological polar surface area (TPSA) is 93.1 Å². The van der Waals surface area contributed by atoms with Crippen LogP contribution >= 0.6 is 0 Å². The Morgan fingerprint density at radius 2 is 1.95 bits per heavy atom. The minimum absolute atomic E-state index is 0.139. The second-order valence-electron chi connectivity index (χ2n) is 4.55. The van der Waals surface area contributed by atoms with Crippen LogP contribution in [0.4, 0.5) is 5.69 Å². The molecule has 0 aliphatic heterocycles. The van der Waals surface area contributed by atoms with Gasteiger partial charge in [-0.15, -0.1) is 0 Å². The van der Waals surface area contributed by atoms with E-state index in [0.29, 0.717) is 5.69 Å². The van der Waals surface area contributed by atoms with Crippen LogP contribution < -0.4 is 10.0 Å². The second kappa shape index (κ2) is 6.06. The van der Waals surface area contributed by atoms with E-state index in [1.807, 2.05) is 0 Å². The van der Waals surface area contributed by atoms with Crippen LogP contribution in [0.1, 0.15) is 12.5 Å². The van der Waals surface area contributed by atoms with Crippen LogP contribution in [-0.2, 0) is 28.4 Å². The average molecular weight is 308 g/mol. The Morgan fingerprint density at radius 1 is 1.29 bits per heavy atom. The lowest BCUT2D eigenvalue weighted by atomic mass is 10.3. The van der Waals surface area contributed by atoms with Gasteiger partial charge in [0.1, 0.15) is 0 Å². The van der Waals surface area contributed by atoms with Crippen molar-refractivity contribution >= 4 is 21.6 Å². The SMILES string of the molecule is CC(=O)Nc1ccc(S(=O)(=O)NCc2cnn(C)c2)cc1. The van der Waals surface area contributed by atoms with Crippen LogP contribution in [0.3, 0.4) is 0 Å². The van der Waals surface area contributed by atoms with Gasteiger partial charge in [0, 0.05) is 38.0 Å². The standard InChI is InChI=1S/C13H16N4O3S/c1-10(18)16-12-3-5-13(6-4-12)21(19,20)15-8-11-7-14-17(2)9-11/h3-7,9,15H,8H2,1-2H3,(H,16,18). The number of aryl methyl sites for hydroxylation is 1. The Morgan fingerprint density at radius 3 is 2.48 bits per heavy atom. The first-order chi connectivity index (χ1) is 9.87. The third-order valence-electron chi connectivity index (χ3n) is 2.71. The van der Waals surface area contributed by atoms with Crippen LogP contribution in [0.2, 0.25) is 0 Å². The summed E-state index contributed by atoms with van der Waals surface area (Å²) in [5.74, 6) is -0.208. The summed E-state index contributed by atoms with van der Waals surface area (Å²) in [6.45, 7) is 1.56. The van der Waals surface area contributed by atoms with Crippen molar-refractivity contribution in [3.05, 3.63) is 42.2 Å². The Kier molecular flexibility index (Phi) is 4.39. The molecule has 7 nitrogen and oxygen atoms in total. The molecule has 1 aromatic heterocycles. The van der Waals surface area contributed by atoms with E-state index in [2.05, 4.69) is 15.1 Å². The van der Waals surface area contributed by atoms with Gasteiger partial charge in [-0.2, -0.15) is 5.10 Å². The van der Waals surface area contributed by atoms with Gasteiger partial charge in [0.2, 0.25) is 15.9 Å². The molecule has 2 aromatic rings. The number of amides is 1. The molecule has 0 spiro atoms. The molecule has 0 saturated heterocycles. The van der Waals surface area contributed by atoms with Gasteiger partial charge in [-0.25, -0.2) is 13.1 Å². The van der Waals surface area contributed by atoms with E-state index in [-0.39, 0.29) is 17.3 Å². The predicted molar refractivity (Wildman–Crippen MR) is 78.0 cm³/mol. The van der Waals surface area contributed by atoms with Gasteiger partial charge in [0.05, 0.1) is 11.1 Å². The fraction of sp³-hybridized carbons (Fsp3) is 0.231. The van der Waals surface area contributed by atoms with E-state index in [1.54, 1.807) is 36.3 Å². The zero-order valence-corrected chi connectivity index (χ0v) is 12.5. The van der Waals surface area contributed by atoms with Crippen LogP contribution in [0.5, 0.6) is 0 Å². The molecular formula is C13H16N4O3S. The zero-order chi connectivity index (χ0) is 15.5. The number of hydrogen-bond acceptors (Lipinski definition) is 4. The summed E-state index contributed by atoms with van der Waals surface area (Å²) in [7, 11) is -1.83. The minimum Gasteiger partial charge on any atom is -0.326 e. The Balaban J connectivity index is 2.06. The van der Waals surface area contributed by atoms with Gasteiger partial charge in [-0.1, -0.05) is 0 Å². The van der Waals surface area contributed by atoms with Crippen molar-refractivity contribution in [3.8, 4) is 0 Å². The molecule has 1 amide bonds. The molecule has 2 rings (SSSR count). The fourth-order valence-electron chi connectivity index (χ4n) is 1.75. The molecule has 0 atom stereocenters. The molecule has 0 fully saturated rings. The maximum atomic E-state index is 12.1. The summed E-state index contributed by atoms with van der Waals surface area (Å²) in [6.07, 6.45) is 3.34. The molecular weight excluding hydrogens is 292 g/mol. The van der Waals surface area contributed by atoms with Crippen LogP contribution in [0.15, 0.2) is 41.6 Å². The number of carbonyl (C=O) groups excluding carboxylic acids is 1. The van der Waals surface area contributed by atoms with Crippen molar-refractivity contribution < 1.29 is 13.2 Å². The highest BCUT2D eigenvalue weighted by molar-refractivity contribution is 7.89. The maximum absolute atomic E-state index is 12.1.